The summed E-state index contributed by atoms with van der Waals surface area (Å²) in [5, 5.41) is 12.9. The fraction of sp³-hybridized carbons (Fsp3) is 0.120. The third-order valence-electron chi connectivity index (χ3n) is 5.61. The summed E-state index contributed by atoms with van der Waals surface area (Å²) >= 11 is 0. The van der Waals surface area contributed by atoms with Crippen LogP contribution >= 0.6 is 0 Å². The molecule has 0 radical (unpaired) electrons. The van der Waals surface area contributed by atoms with Gasteiger partial charge >= 0.3 is 0 Å². The van der Waals surface area contributed by atoms with Crippen molar-refractivity contribution in [2.24, 2.45) is 0 Å². The Hall–Kier alpha value is -3.06. The quantitative estimate of drug-likeness (QED) is 0.459. The van der Waals surface area contributed by atoms with Crippen LogP contribution in [0.1, 0.15) is 22.3 Å². The lowest BCUT2D eigenvalue weighted by Gasteiger charge is -2.15. The van der Waals surface area contributed by atoms with Gasteiger partial charge in [0.05, 0.1) is 0 Å². The van der Waals surface area contributed by atoms with E-state index in [-0.39, 0.29) is 0 Å². The van der Waals surface area contributed by atoms with Gasteiger partial charge in [-0.25, -0.2) is 0 Å². The SMILES string of the molecule is Oc1c(-c2cccc3c2CCc2ccccc2C3)ccc2ccccc12. The van der Waals surface area contributed by atoms with Crippen molar-refractivity contribution >= 4 is 10.8 Å². The van der Waals surface area contributed by atoms with Gasteiger partial charge < -0.3 is 5.11 Å². The van der Waals surface area contributed by atoms with Crippen LogP contribution in [0.3, 0.4) is 0 Å². The van der Waals surface area contributed by atoms with E-state index in [9.17, 15) is 5.11 Å². The zero-order chi connectivity index (χ0) is 17.5. The van der Waals surface area contributed by atoms with Gasteiger partial charge in [-0.1, -0.05) is 78.9 Å². The van der Waals surface area contributed by atoms with Gasteiger partial charge in [-0.2, -0.15) is 0 Å². The Morgan fingerprint density at radius 3 is 2.27 bits per heavy atom. The van der Waals surface area contributed by atoms with E-state index in [0.717, 1.165) is 35.6 Å². The lowest BCUT2D eigenvalue weighted by atomic mass is 9.90. The fourth-order valence-electron chi connectivity index (χ4n) is 4.26. The topological polar surface area (TPSA) is 20.2 Å². The van der Waals surface area contributed by atoms with E-state index < -0.39 is 0 Å². The average molecular weight is 336 g/mol. The molecule has 0 aliphatic heterocycles. The summed E-state index contributed by atoms with van der Waals surface area (Å²) in [4.78, 5) is 0. The third-order valence-corrected chi connectivity index (χ3v) is 5.61. The second-order valence-corrected chi connectivity index (χ2v) is 7.07. The molecule has 0 atom stereocenters. The van der Waals surface area contributed by atoms with Crippen molar-refractivity contribution in [2.75, 3.05) is 0 Å². The summed E-state index contributed by atoms with van der Waals surface area (Å²) in [6.07, 6.45) is 3.02. The van der Waals surface area contributed by atoms with E-state index in [1.54, 1.807) is 0 Å². The van der Waals surface area contributed by atoms with Crippen LogP contribution in [-0.2, 0) is 19.3 Å². The number of aromatic hydroxyl groups is 1. The van der Waals surface area contributed by atoms with E-state index in [1.807, 2.05) is 24.3 Å². The number of benzene rings is 4. The standard InChI is InChI=1S/C25H20O/c26-25-22-10-4-3-7-18(22)13-15-24(25)23-11-5-9-20-16-19-8-2-1-6-17(19)12-14-21(20)23/h1-11,13,15,26H,12,14,16H2. The first kappa shape index (κ1) is 15.2. The smallest absolute Gasteiger partial charge is 0.131 e. The van der Waals surface area contributed by atoms with Crippen molar-refractivity contribution in [1.29, 1.82) is 0 Å². The van der Waals surface area contributed by atoms with Crippen LogP contribution in [0.15, 0.2) is 78.9 Å². The van der Waals surface area contributed by atoms with Gasteiger partial charge in [-0.3, -0.25) is 0 Å². The minimum Gasteiger partial charge on any atom is -0.507 e. The Labute approximate surface area is 153 Å². The second-order valence-electron chi connectivity index (χ2n) is 7.07. The molecule has 26 heavy (non-hydrogen) atoms. The van der Waals surface area contributed by atoms with Crippen molar-refractivity contribution in [1.82, 2.24) is 0 Å². The predicted molar refractivity (Wildman–Crippen MR) is 108 cm³/mol. The molecule has 1 aliphatic rings. The van der Waals surface area contributed by atoms with Gasteiger partial charge in [0.1, 0.15) is 5.75 Å². The highest BCUT2D eigenvalue weighted by Crippen LogP contribution is 2.39. The van der Waals surface area contributed by atoms with E-state index in [2.05, 4.69) is 54.6 Å². The largest absolute Gasteiger partial charge is 0.507 e. The first-order valence-corrected chi connectivity index (χ1v) is 9.20. The van der Waals surface area contributed by atoms with Gasteiger partial charge in [0.25, 0.3) is 0 Å². The molecule has 4 aromatic rings. The molecule has 0 unspecified atom stereocenters. The molecule has 0 heterocycles. The molecule has 0 bridgehead atoms. The Kier molecular flexibility index (Phi) is 3.53. The van der Waals surface area contributed by atoms with Crippen LogP contribution in [0, 0.1) is 0 Å². The first-order chi connectivity index (χ1) is 12.8. The van der Waals surface area contributed by atoms with Crippen molar-refractivity contribution in [3.63, 3.8) is 0 Å². The lowest BCUT2D eigenvalue weighted by molar-refractivity contribution is 0.483. The highest BCUT2D eigenvalue weighted by atomic mass is 16.3. The number of rotatable bonds is 1. The van der Waals surface area contributed by atoms with Crippen LogP contribution in [0.4, 0.5) is 0 Å². The number of aryl methyl sites for hydroxylation is 1. The molecule has 4 aromatic carbocycles. The van der Waals surface area contributed by atoms with Crippen LogP contribution in [0.5, 0.6) is 5.75 Å². The molecule has 0 aromatic heterocycles. The maximum absolute atomic E-state index is 10.9. The highest BCUT2D eigenvalue weighted by molar-refractivity contribution is 5.95. The Balaban J connectivity index is 1.69. The van der Waals surface area contributed by atoms with Crippen LogP contribution in [0.25, 0.3) is 21.9 Å². The first-order valence-electron chi connectivity index (χ1n) is 9.20. The summed E-state index contributed by atoms with van der Waals surface area (Å²) < 4.78 is 0. The molecular formula is C25H20O. The molecule has 1 aliphatic carbocycles. The zero-order valence-corrected chi connectivity index (χ0v) is 14.6. The maximum Gasteiger partial charge on any atom is 0.131 e. The molecule has 5 rings (SSSR count). The van der Waals surface area contributed by atoms with Crippen molar-refractivity contribution in [3.05, 3.63) is 101 Å². The van der Waals surface area contributed by atoms with Crippen molar-refractivity contribution < 1.29 is 5.11 Å². The normalized spacial score (nSPS) is 13.1. The lowest BCUT2D eigenvalue weighted by Crippen LogP contribution is -1.96. The molecule has 0 saturated carbocycles. The number of phenols is 1. The highest BCUT2D eigenvalue weighted by Gasteiger charge is 2.18. The van der Waals surface area contributed by atoms with Crippen molar-refractivity contribution in [2.45, 2.75) is 19.3 Å². The van der Waals surface area contributed by atoms with Crippen molar-refractivity contribution in [3.8, 4) is 16.9 Å². The number of fused-ring (bicyclic) bond motifs is 3. The van der Waals surface area contributed by atoms with Crippen LogP contribution in [-0.4, -0.2) is 5.11 Å². The number of hydrogen-bond acceptors (Lipinski definition) is 1. The second kappa shape index (κ2) is 6.03. The zero-order valence-electron chi connectivity index (χ0n) is 14.6. The third kappa shape index (κ3) is 2.40. The minimum atomic E-state index is 0.387. The molecule has 126 valence electrons. The van der Waals surface area contributed by atoms with Gasteiger partial charge in [0.15, 0.2) is 0 Å². The van der Waals surface area contributed by atoms with Gasteiger partial charge in [0.2, 0.25) is 0 Å². The average Bonchev–Trinajstić information content (AvgIpc) is 2.88. The van der Waals surface area contributed by atoms with Crippen LogP contribution < -0.4 is 0 Å². The molecule has 1 N–H and O–H groups in total. The molecule has 0 saturated heterocycles. The molecule has 1 heteroatoms. The maximum atomic E-state index is 10.9. The van der Waals surface area contributed by atoms with E-state index in [4.69, 9.17) is 0 Å². The fourth-order valence-corrected chi connectivity index (χ4v) is 4.26. The Morgan fingerprint density at radius 2 is 1.35 bits per heavy atom. The molecular weight excluding hydrogens is 316 g/mol. The summed E-state index contributed by atoms with van der Waals surface area (Å²) in [6.45, 7) is 0. The monoisotopic (exact) mass is 336 g/mol. The Bertz CT molecular complexity index is 1120. The molecule has 0 fully saturated rings. The van der Waals surface area contributed by atoms with Gasteiger partial charge in [0, 0.05) is 10.9 Å². The van der Waals surface area contributed by atoms with E-state index in [1.165, 1.54) is 27.8 Å². The van der Waals surface area contributed by atoms with E-state index in [0.29, 0.717) is 5.75 Å². The predicted octanol–water partition coefficient (Wildman–Crippen LogP) is 5.90. The molecule has 0 amide bonds. The molecule has 0 spiro atoms. The van der Waals surface area contributed by atoms with Crippen LogP contribution in [0.2, 0.25) is 0 Å². The molecule has 1 nitrogen and oxygen atoms in total. The summed E-state index contributed by atoms with van der Waals surface area (Å²) in [5.41, 5.74) is 7.71. The number of hydrogen-bond donors (Lipinski definition) is 1. The summed E-state index contributed by atoms with van der Waals surface area (Å²) in [6, 6.07) is 27.4. The summed E-state index contributed by atoms with van der Waals surface area (Å²) in [7, 11) is 0. The minimum absolute atomic E-state index is 0.387. The Morgan fingerprint density at radius 1 is 0.577 bits per heavy atom. The summed E-state index contributed by atoms with van der Waals surface area (Å²) in [5.74, 6) is 0.387. The van der Waals surface area contributed by atoms with E-state index >= 15 is 0 Å². The van der Waals surface area contributed by atoms with Gasteiger partial charge in [-0.15, -0.1) is 0 Å². The van der Waals surface area contributed by atoms with Gasteiger partial charge in [-0.05, 0) is 52.5 Å². The number of phenolic OH excluding ortho intramolecular Hbond substituents is 1.